The van der Waals surface area contributed by atoms with Crippen LogP contribution in [0.5, 0.6) is 0 Å². The van der Waals surface area contributed by atoms with Gasteiger partial charge in [0.2, 0.25) is 5.91 Å². The highest BCUT2D eigenvalue weighted by Gasteiger charge is 2.25. The van der Waals surface area contributed by atoms with Gasteiger partial charge in [0.25, 0.3) is 5.91 Å². The van der Waals surface area contributed by atoms with Crippen molar-refractivity contribution in [3.8, 4) is 0 Å². The van der Waals surface area contributed by atoms with Crippen LogP contribution in [0.25, 0.3) is 0 Å². The molecule has 0 aromatic heterocycles. The lowest BCUT2D eigenvalue weighted by atomic mass is 9.95. The Labute approximate surface area is 115 Å². The minimum absolute atomic E-state index is 0.0192. The van der Waals surface area contributed by atoms with E-state index in [0.717, 1.165) is 6.07 Å². The van der Waals surface area contributed by atoms with Crippen LogP contribution in [0.15, 0.2) is 12.1 Å². The van der Waals surface area contributed by atoms with Gasteiger partial charge in [-0.25, -0.2) is 4.39 Å². The molecule has 7 heteroatoms. The second-order valence-electron chi connectivity index (χ2n) is 4.92. The normalized spacial score (nSPS) is 16.1. The van der Waals surface area contributed by atoms with Gasteiger partial charge in [-0.2, -0.15) is 0 Å². The number of rotatable bonds is 3. The molecule has 0 radical (unpaired) electrons. The lowest BCUT2D eigenvalue weighted by molar-refractivity contribution is -0.122. The second kappa shape index (κ2) is 5.36. The predicted octanol–water partition coefficient (Wildman–Crippen LogP) is 0.208. The summed E-state index contributed by atoms with van der Waals surface area (Å²) in [6.45, 7) is 0.985. The van der Waals surface area contributed by atoms with Gasteiger partial charge in [-0.3, -0.25) is 9.59 Å². The first-order valence-corrected chi connectivity index (χ1v) is 6.33. The van der Waals surface area contributed by atoms with Gasteiger partial charge >= 0.3 is 0 Å². The summed E-state index contributed by atoms with van der Waals surface area (Å²) < 4.78 is 14.0. The smallest absolute Gasteiger partial charge is 0.250 e. The Morgan fingerprint density at radius 1 is 1.20 bits per heavy atom. The van der Waals surface area contributed by atoms with Crippen molar-refractivity contribution in [2.75, 3.05) is 23.7 Å². The molecule has 1 aromatic carbocycles. The molecular formula is C13H17FN4O2. The SMILES string of the molecule is NC(=O)c1cc(N2CCC(C(N)=O)CC2)c(F)cc1N. The van der Waals surface area contributed by atoms with Gasteiger partial charge in [0.15, 0.2) is 0 Å². The summed E-state index contributed by atoms with van der Waals surface area (Å²) in [7, 11) is 0. The maximum atomic E-state index is 14.0. The number of nitrogen functional groups attached to an aromatic ring is 1. The van der Waals surface area contributed by atoms with Gasteiger partial charge < -0.3 is 22.1 Å². The fourth-order valence-electron chi connectivity index (χ4n) is 2.44. The number of primary amides is 2. The van der Waals surface area contributed by atoms with Crippen molar-refractivity contribution < 1.29 is 14.0 Å². The van der Waals surface area contributed by atoms with Crippen LogP contribution in [0.4, 0.5) is 15.8 Å². The average Bonchev–Trinajstić information content (AvgIpc) is 2.38. The molecule has 6 N–H and O–H groups in total. The van der Waals surface area contributed by atoms with Gasteiger partial charge in [-0.05, 0) is 25.0 Å². The van der Waals surface area contributed by atoms with Crippen molar-refractivity contribution in [2.24, 2.45) is 17.4 Å². The topological polar surface area (TPSA) is 115 Å². The van der Waals surface area contributed by atoms with Crippen molar-refractivity contribution in [1.29, 1.82) is 0 Å². The largest absolute Gasteiger partial charge is 0.398 e. The molecule has 1 aromatic rings. The molecule has 1 fully saturated rings. The van der Waals surface area contributed by atoms with Crippen LogP contribution in [0, 0.1) is 11.7 Å². The van der Waals surface area contributed by atoms with Crippen LogP contribution in [0.1, 0.15) is 23.2 Å². The molecule has 0 saturated carbocycles. The second-order valence-corrected chi connectivity index (χ2v) is 4.92. The summed E-state index contributed by atoms with van der Waals surface area (Å²) in [6.07, 6.45) is 1.12. The number of piperidine rings is 1. The first-order valence-electron chi connectivity index (χ1n) is 6.33. The Morgan fingerprint density at radius 2 is 1.80 bits per heavy atom. The van der Waals surface area contributed by atoms with Gasteiger partial charge in [-0.15, -0.1) is 0 Å². The van der Waals surface area contributed by atoms with Crippen molar-refractivity contribution in [2.45, 2.75) is 12.8 Å². The molecule has 2 amide bonds. The van der Waals surface area contributed by atoms with E-state index in [1.54, 1.807) is 4.90 Å². The van der Waals surface area contributed by atoms with Crippen LogP contribution in [-0.2, 0) is 4.79 Å². The molecule has 0 unspecified atom stereocenters. The summed E-state index contributed by atoms with van der Waals surface area (Å²) in [5.74, 6) is -1.72. The van der Waals surface area contributed by atoms with Gasteiger partial charge in [0, 0.05) is 24.7 Å². The third-order valence-corrected chi connectivity index (χ3v) is 3.62. The van der Waals surface area contributed by atoms with Crippen molar-refractivity contribution >= 4 is 23.2 Å². The highest BCUT2D eigenvalue weighted by Crippen LogP contribution is 2.29. The molecular weight excluding hydrogens is 263 g/mol. The van der Waals surface area contributed by atoms with Crippen molar-refractivity contribution in [3.05, 3.63) is 23.5 Å². The van der Waals surface area contributed by atoms with Crippen molar-refractivity contribution in [3.63, 3.8) is 0 Å². The maximum Gasteiger partial charge on any atom is 0.250 e. The molecule has 1 aliphatic heterocycles. The monoisotopic (exact) mass is 280 g/mol. The highest BCUT2D eigenvalue weighted by atomic mass is 19.1. The molecule has 0 aliphatic carbocycles. The number of anilines is 2. The summed E-state index contributed by atoms with van der Waals surface area (Å²) in [5, 5.41) is 0. The number of halogens is 1. The molecule has 108 valence electrons. The lowest BCUT2D eigenvalue weighted by Crippen LogP contribution is -2.39. The van der Waals surface area contributed by atoms with E-state index >= 15 is 0 Å². The molecule has 1 heterocycles. The van der Waals surface area contributed by atoms with Crippen LogP contribution in [-0.4, -0.2) is 24.9 Å². The van der Waals surface area contributed by atoms with Gasteiger partial charge in [0.05, 0.1) is 11.3 Å². The van der Waals surface area contributed by atoms with Crippen LogP contribution in [0.2, 0.25) is 0 Å². The zero-order chi connectivity index (χ0) is 14.9. The summed E-state index contributed by atoms with van der Waals surface area (Å²) in [5.41, 5.74) is 16.4. The van der Waals surface area contributed by atoms with E-state index in [0.29, 0.717) is 25.9 Å². The average molecular weight is 280 g/mol. The van der Waals surface area contributed by atoms with Crippen LogP contribution in [0.3, 0.4) is 0 Å². The highest BCUT2D eigenvalue weighted by molar-refractivity contribution is 5.99. The fourth-order valence-corrected chi connectivity index (χ4v) is 2.44. The maximum absolute atomic E-state index is 14.0. The molecule has 1 aliphatic rings. The Morgan fingerprint density at radius 3 is 2.30 bits per heavy atom. The summed E-state index contributed by atoms with van der Waals surface area (Å²) >= 11 is 0. The minimum atomic E-state index is -0.698. The molecule has 0 spiro atoms. The van der Waals surface area contributed by atoms with E-state index in [1.807, 2.05) is 0 Å². The summed E-state index contributed by atoms with van der Waals surface area (Å²) in [4.78, 5) is 24.1. The van der Waals surface area contributed by atoms with E-state index in [9.17, 15) is 14.0 Å². The molecule has 0 bridgehead atoms. The minimum Gasteiger partial charge on any atom is -0.398 e. The quantitative estimate of drug-likeness (QED) is 0.686. The van der Waals surface area contributed by atoms with E-state index in [4.69, 9.17) is 17.2 Å². The Balaban J connectivity index is 2.24. The number of nitrogens with two attached hydrogens (primary N) is 3. The fraction of sp³-hybridized carbons (Fsp3) is 0.385. The van der Waals surface area contributed by atoms with E-state index < -0.39 is 11.7 Å². The van der Waals surface area contributed by atoms with Crippen molar-refractivity contribution in [1.82, 2.24) is 0 Å². The Bertz CT molecular complexity index is 554. The van der Waals surface area contributed by atoms with Gasteiger partial charge in [0.1, 0.15) is 5.82 Å². The number of carbonyl (C=O) groups is 2. The third-order valence-electron chi connectivity index (χ3n) is 3.62. The van der Waals surface area contributed by atoms with Crippen LogP contribution < -0.4 is 22.1 Å². The molecule has 20 heavy (non-hydrogen) atoms. The summed E-state index contributed by atoms with van der Waals surface area (Å²) in [6, 6.07) is 2.45. The number of amides is 2. The number of hydrogen-bond acceptors (Lipinski definition) is 4. The first-order chi connectivity index (χ1) is 9.40. The molecule has 0 atom stereocenters. The number of nitrogens with zero attached hydrogens (tertiary/aromatic N) is 1. The lowest BCUT2D eigenvalue weighted by Gasteiger charge is -2.32. The number of carbonyl (C=O) groups excluding carboxylic acids is 2. The van der Waals surface area contributed by atoms with E-state index in [2.05, 4.69) is 0 Å². The number of hydrogen-bond donors (Lipinski definition) is 3. The number of benzene rings is 1. The molecule has 1 saturated heterocycles. The standard InChI is InChI=1S/C13H17FN4O2/c14-9-6-10(15)8(13(17)20)5-11(9)18-3-1-7(2-4-18)12(16)19/h5-7H,1-4,15H2,(H2,16,19)(H2,17,20). The van der Waals surface area contributed by atoms with Gasteiger partial charge in [-0.1, -0.05) is 0 Å². The zero-order valence-corrected chi connectivity index (χ0v) is 10.9. The Hall–Kier alpha value is -2.31. The predicted molar refractivity (Wildman–Crippen MR) is 73.5 cm³/mol. The molecule has 6 nitrogen and oxygen atoms in total. The first kappa shape index (κ1) is 14.1. The zero-order valence-electron chi connectivity index (χ0n) is 10.9. The Kier molecular flexibility index (Phi) is 3.78. The van der Waals surface area contributed by atoms with E-state index in [1.165, 1.54) is 6.07 Å². The third kappa shape index (κ3) is 2.66. The van der Waals surface area contributed by atoms with E-state index in [-0.39, 0.29) is 28.8 Å². The molecule has 2 rings (SSSR count). The van der Waals surface area contributed by atoms with Crippen LogP contribution >= 0.6 is 0 Å².